The maximum atomic E-state index is 9.89. The number of ether oxygens (including phenoxy) is 1. The number of hydrogen-bond donors (Lipinski definition) is 2. The highest BCUT2D eigenvalue weighted by Gasteiger charge is 2.19. The second kappa shape index (κ2) is 8.20. The largest absolute Gasteiger partial charge is 0.389 e. The van der Waals surface area contributed by atoms with Crippen molar-refractivity contribution in [2.45, 2.75) is 63.7 Å². The minimum absolute atomic E-state index is 0.369. The summed E-state index contributed by atoms with van der Waals surface area (Å²) in [4.78, 5) is 2.52. The van der Waals surface area contributed by atoms with Crippen molar-refractivity contribution in [2.24, 2.45) is 0 Å². The Labute approximate surface area is 117 Å². The summed E-state index contributed by atoms with van der Waals surface area (Å²) in [5.41, 5.74) is 0. The van der Waals surface area contributed by atoms with Crippen LogP contribution in [0.4, 0.5) is 0 Å². The van der Waals surface area contributed by atoms with Gasteiger partial charge in [-0.1, -0.05) is 12.8 Å². The molecule has 1 aliphatic carbocycles. The SMILES string of the molecule is CC(CNCC(O)COC1CCCC1)N1CCCC1. The standard InChI is InChI=1S/C15H30N2O2/c1-13(17-8-4-5-9-17)10-16-11-14(18)12-19-15-6-2-3-7-15/h13-16,18H,2-12H2,1H3. The zero-order chi connectivity index (χ0) is 13.5. The molecule has 4 nitrogen and oxygen atoms in total. The van der Waals surface area contributed by atoms with Crippen LogP contribution >= 0.6 is 0 Å². The van der Waals surface area contributed by atoms with Gasteiger partial charge in [0.05, 0.1) is 18.8 Å². The van der Waals surface area contributed by atoms with E-state index in [0.29, 0.717) is 25.3 Å². The first kappa shape index (κ1) is 15.2. The van der Waals surface area contributed by atoms with Crippen molar-refractivity contribution < 1.29 is 9.84 Å². The van der Waals surface area contributed by atoms with E-state index in [1.54, 1.807) is 0 Å². The monoisotopic (exact) mass is 270 g/mol. The zero-order valence-corrected chi connectivity index (χ0v) is 12.3. The lowest BCUT2D eigenvalue weighted by atomic mass is 10.2. The molecule has 2 fully saturated rings. The van der Waals surface area contributed by atoms with E-state index in [4.69, 9.17) is 4.74 Å². The van der Waals surface area contributed by atoms with Crippen LogP contribution < -0.4 is 5.32 Å². The van der Waals surface area contributed by atoms with E-state index in [-0.39, 0.29) is 6.10 Å². The van der Waals surface area contributed by atoms with Gasteiger partial charge in [0.25, 0.3) is 0 Å². The van der Waals surface area contributed by atoms with Crippen LogP contribution in [0.2, 0.25) is 0 Å². The fraction of sp³-hybridized carbons (Fsp3) is 1.00. The molecule has 1 saturated heterocycles. The summed E-state index contributed by atoms with van der Waals surface area (Å²) in [6, 6.07) is 0.574. The molecule has 112 valence electrons. The smallest absolute Gasteiger partial charge is 0.0897 e. The molecule has 4 heteroatoms. The number of nitrogens with zero attached hydrogens (tertiary/aromatic N) is 1. The molecule has 2 atom stereocenters. The van der Waals surface area contributed by atoms with Crippen molar-refractivity contribution in [1.82, 2.24) is 10.2 Å². The Kier molecular flexibility index (Phi) is 6.57. The molecule has 0 amide bonds. The van der Waals surface area contributed by atoms with Crippen molar-refractivity contribution in [3.63, 3.8) is 0 Å². The van der Waals surface area contributed by atoms with Gasteiger partial charge in [0.2, 0.25) is 0 Å². The van der Waals surface area contributed by atoms with Gasteiger partial charge in [-0.2, -0.15) is 0 Å². The van der Waals surface area contributed by atoms with Gasteiger partial charge in [0.1, 0.15) is 0 Å². The fourth-order valence-corrected chi connectivity index (χ4v) is 3.13. The van der Waals surface area contributed by atoms with Crippen molar-refractivity contribution in [3.05, 3.63) is 0 Å². The Balaban J connectivity index is 1.49. The molecule has 1 saturated carbocycles. The van der Waals surface area contributed by atoms with Crippen molar-refractivity contribution in [1.29, 1.82) is 0 Å². The van der Waals surface area contributed by atoms with E-state index in [9.17, 15) is 5.11 Å². The first-order valence-electron chi connectivity index (χ1n) is 8.00. The van der Waals surface area contributed by atoms with Gasteiger partial charge in [-0.15, -0.1) is 0 Å². The molecule has 19 heavy (non-hydrogen) atoms. The molecule has 0 aromatic heterocycles. The minimum Gasteiger partial charge on any atom is -0.389 e. The molecule has 2 aliphatic rings. The highest BCUT2D eigenvalue weighted by atomic mass is 16.5. The lowest BCUT2D eigenvalue weighted by molar-refractivity contribution is -0.00574. The van der Waals surface area contributed by atoms with Crippen molar-refractivity contribution in [2.75, 3.05) is 32.8 Å². The second-order valence-electron chi connectivity index (χ2n) is 6.14. The summed E-state index contributed by atoms with van der Waals surface area (Å²) in [5.74, 6) is 0. The average molecular weight is 270 g/mol. The van der Waals surface area contributed by atoms with E-state index in [0.717, 1.165) is 6.54 Å². The third-order valence-electron chi connectivity index (χ3n) is 4.41. The number of rotatable bonds is 8. The first-order valence-corrected chi connectivity index (χ1v) is 8.00. The van der Waals surface area contributed by atoms with E-state index in [2.05, 4.69) is 17.1 Å². The normalized spacial score (nSPS) is 24.9. The lowest BCUT2D eigenvalue weighted by Gasteiger charge is -2.24. The molecule has 2 unspecified atom stereocenters. The molecule has 0 aromatic carbocycles. The first-order chi connectivity index (χ1) is 9.25. The summed E-state index contributed by atoms with van der Waals surface area (Å²) < 4.78 is 5.72. The van der Waals surface area contributed by atoms with E-state index >= 15 is 0 Å². The highest BCUT2D eigenvalue weighted by Crippen LogP contribution is 2.20. The number of hydrogen-bond acceptors (Lipinski definition) is 4. The van der Waals surface area contributed by atoms with E-state index in [1.807, 2.05) is 0 Å². The Morgan fingerprint density at radius 3 is 2.53 bits per heavy atom. The van der Waals surface area contributed by atoms with Gasteiger partial charge in [-0.3, -0.25) is 4.90 Å². The van der Waals surface area contributed by atoms with Gasteiger partial charge in [-0.25, -0.2) is 0 Å². The van der Waals surface area contributed by atoms with Crippen LogP contribution in [0.5, 0.6) is 0 Å². The highest BCUT2D eigenvalue weighted by molar-refractivity contribution is 4.75. The number of aliphatic hydroxyl groups is 1. The number of aliphatic hydroxyl groups excluding tert-OH is 1. The minimum atomic E-state index is -0.369. The molecule has 0 aromatic rings. The number of likely N-dealkylation sites (tertiary alicyclic amines) is 1. The van der Waals surface area contributed by atoms with Gasteiger partial charge in [-0.05, 0) is 45.7 Å². The maximum absolute atomic E-state index is 9.89. The van der Waals surface area contributed by atoms with Crippen LogP contribution in [-0.2, 0) is 4.74 Å². The van der Waals surface area contributed by atoms with Gasteiger partial charge in [0.15, 0.2) is 0 Å². The molecule has 0 radical (unpaired) electrons. The fourth-order valence-electron chi connectivity index (χ4n) is 3.13. The third kappa shape index (κ3) is 5.38. The molecule has 1 aliphatic heterocycles. The Morgan fingerprint density at radius 2 is 1.84 bits per heavy atom. The predicted molar refractivity (Wildman–Crippen MR) is 77.4 cm³/mol. The molecular formula is C15H30N2O2. The van der Waals surface area contributed by atoms with E-state index in [1.165, 1.54) is 51.6 Å². The third-order valence-corrected chi connectivity index (χ3v) is 4.41. The van der Waals surface area contributed by atoms with Crippen LogP contribution in [-0.4, -0.2) is 61.0 Å². The lowest BCUT2D eigenvalue weighted by Crippen LogP contribution is -2.41. The quantitative estimate of drug-likeness (QED) is 0.699. The molecule has 0 bridgehead atoms. The molecule has 0 spiro atoms. The average Bonchev–Trinajstić information content (AvgIpc) is 3.09. The molecule has 1 heterocycles. The van der Waals surface area contributed by atoms with Crippen molar-refractivity contribution in [3.8, 4) is 0 Å². The molecule has 2 rings (SSSR count). The van der Waals surface area contributed by atoms with Gasteiger partial charge >= 0.3 is 0 Å². The molecular weight excluding hydrogens is 240 g/mol. The van der Waals surface area contributed by atoms with E-state index < -0.39 is 0 Å². The molecule has 2 N–H and O–H groups in total. The Bertz CT molecular complexity index is 238. The van der Waals surface area contributed by atoms with Gasteiger partial charge in [0, 0.05) is 19.1 Å². The van der Waals surface area contributed by atoms with Gasteiger partial charge < -0.3 is 15.2 Å². The van der Waals surface area contributed by atoms with Crippen LogP contribution in [0.15, 0.2) is 0 Å². The summed E-state index contributed by atoms with van der Waals surface area (Å²) in [5, 5.41) is 13.3. The van der Waals surface area contributed by atoms with Crippen molar-refractivity contribution >= 4 is 0 Å². The Hall–Kier alpha value is -0.160. The van der Waals surface area contributed by atoms with Crippen LogP contribution in [0.3, 0.4) is 0 Å². The van der Waals surface area contributed by atoms with Crippen LogP contribution in [0, 0.1) is 0 Å². The number of nitrogens with one attached hydrogen (secondary N) is 1. The summed E-state index contributed by atoms with van der Waals surface area (Å²) >= 11 is 0. The maximum Gasteiger partial charge on any atom is 0.0897 e. The summed E-state index contributed by atoms with van der Waals surface area (Å²) in [6.45, 7) is 6.81. The topological polar surface area (TPSA) is 44.7 Å². The summed E-state index contributed by atoms with van der Waals surface area (Å²) in [6.07, 6.45) is 7.62. The van der Waals surface area contributed by atoms with Crippen LogP contribution in [0.25, 0.3) is 0 Å². The Morgan fingerprint density at radius 1 is 1.16 bits per heavy atom. The zero-order valence-electron chi connectivity index (χ0n) is 12.3. The second-order valence-corrected chi connectivity index (χ2v) is 6.14. The van der Waals surface area contributed by atoms with Crippen LogP contribution in [0.1, 0.15) is 45.4 Å². The summed E-state index contributed by atoms with van der Waals surface area (Å²) in [7, 11) is 0. The predicted octanol–water partition coefficient (Wildman–Crippen LogP) is 1.38.